The van der Waals surface area contributed by atoms with Crippen LogP contribution in [0.2, 0.25) is 0 Å². The van der Waals surface area contributed by atoms with Crippen LogP contribution in [-0.4, -0.2) is 51.7 Å². The van der Waals surface area contributed by atoms with Crippen LogP contribution in [0.4, 0.5) is 10.6 Å². The number of ether oxygens (including phenoxy) is 1. The predicted octanol–water partition coefficient (Wildman–Crippen LogP) is 3.43. The van der Waals surface area contributed by atoms with Crippen LogP contribution in [-0.2, 0) is 16.0 Å². The maximum atomic E-state index is 12.5. The summed E-state index contributed by atoms with van der Waals surface area (Å²) in [5, 5.41) is 2.64. The van der Waals surface area contributed by atoms with E-state index in [4.69, 9.17) is 4.74 Å². The number of anilines is 1. The van der Waals surface area contributed by atoms with Gasteiger partial charge in [0.05, 0.1) is 12.0 Å². The molecule has 1 aromatic rings. The van der Waals surface area contributed by atoms with E-state index in [-0.39, 0.29) is 17.9 Å². The first kappa shape index (κ1) is 19.6. The Kier molecular flexibility index (Phi) is 5.37. The summed E-state index contributed by atoms with van der Waals surface area (Å²) in [5.74, 6) is 0.640. The Hall–Kier alpha value is -1.76. The number of rotatable bonds is 4. The Morgan fingerprint density at radius 1 is 1.36 bits per heavy atom. The summed E-state index contributed by atoms with van der Waals surface area (Å²) in [6.45, 7) is 7.53. The molecular formula is C18H29N3O3S. The minimum atomic E-state index is -1.03. The predicted molar refractivity (Wildman–Crippen MR) is 103 cm³/mol. The van der Waals surface area contributed by atoms with Crippen LogP contribution in [0.25, 0.3) is 0 Å². The molecule has 2 heterocycles. The second-order valence-corrected chi connectivity index (χ2v) is 12.1. The van der Waals surface area contributed by atoms with Crippen LogP contribution in [0, 0.1) is 5.92 Å². The Morgan fingerprint density at radius 3 is 2.52 bits per heavy atom. The third-order valence-corrected chi connectivity index (χ3v) is 5.68. The van der Waals surface area contributed by atoms with Gasteiger partial charge in [0.1, 0.15) is 11.4 Å². The van der Waals surface area contributed by atoms with E-state index in [9.17, 15) is 9.59 Å². The SMILES string of the molecule is C[C@@H]1[C@@H](Cc2ccnc(NC(=O)OC(C)(C)C)c2)C(=O)N1S(C)(C)C. The molecule has 0 aliphatic carbocycles. The van der Waals surface area contributed by atoms with Gasteiger partial charge in [-0.05, 0) is 70.6 Å². The van der Waals surface area contributed by atoms with Crippen LogP contribution in [0.15, 0.2) is 18.3 Å². The molecule has 25 heavy (non-hydrogen) atoms. The minimum Gasteiger partial charge on any atom is -0.444 e. The molecular weight excluding hydrogens is 338 g/mol. The van der Waals surface area contributed by atoms with Crippen molar-refractivity contribution in [2.75, 3.05) is 24.1 Å². The molecule has 1 saturated heterocycles. The number of amides is 2. The molecule has 7 heteroatoms. The molecule has 2 rings (SSSR count). The van der Waals surface area contributed by atoms with Crippen molar-refractivity contribution >= 4 is 28.0 Å². The van der Waals surface area contributed by atoms with Crippen LogP contribution < -0.4 is 5.32 Å². The molecule has 0 aromatic carbocycles. The lowest BCUT2D eigenvalue weighted by Crippen LogP contribution is -2.60. The molecule has 2 atom stereocenters. The summed E-state index contributed by atoms with van der Waals surface area (Å²) in [7, 11) is -1.03. The van der Waals surface area contributed by atoms with Crippen LogP contribution in [0.5, 0.6) is 0 Å². The Balaban J connectivity index is 2.01. The fourth-order valence-corrected chi connectivity index (χ4v) is 4.83. The van der Waals surface area contributed by atoms with Crippen molar-refractivity contribution in [2.24, 2.45) is 5.92 Å². The quantitative estimate of drug-likeness (QED) is 0.828. The van der Waals surface area contributed by atoms with Gasteiger partial charge in [-0.25, -0.2) is 9.78 Å². The highest BCUT2D eigenvalue weighted by atomic mass is 32.3. The molecule has 0 radical (unpaired) electrons. The molecule has 140 valence electrons. The fourth-order valence-electron chi connectivity index (χ4n) is 3.01. The van der Waals surface area contributed by atoms with Gasteiger partial charge in [0.15, 0.2) is 0 Å². The molecule has 1 fully saturated rings. The highest BCUT2D eigenvalue weighted by Crippen LogP contribution is 2.50. The van der Waals surface area contributed by atoms with Gasteiger partial charge in [0.2, 0.25) is 5.91 Å². The van der Waals surface area contributed by atoms with Gasteiger partial charge in [0.25, 0.3) is 0 Å². The summed E-state index contributed by atoms with van der Waals surface area (Å²) in [6, 6.07) is 3.92. The molecule has 1 N–H and O–H groups in total. The Morgan fingerprint density at radius 2 is 2.00 bits per heavy atom. The van der Waals surface area contributed by atoms with Gasteiger partial charge in [-0.2, -0.15) is 10.2 Å². The molecule has 0 saturated carbocycles. The molecule has 1 aromatic heterocycles. The molecule has 0 spiro atoms. The largest absolute Gasteiger partial charge is 0.444 e. The molecule has 1 aliphatic rings. The smallest absolute Gasteiger partial charge is 0.413 e. The van der Waals surface area contributed by atoms with Crippen LogP contribution in [0.1, 0.15) is 33.3 Å². The van der Waals surface area contributed by atoms with Crippen LogP contribution in [0.3, 0.4) is 0 Å². The average Bonchev–Trinajstić information content (AvgIpc) is 2.41. The zero-order chi connectivity index (χ0) is 19.0. The highest BCUT2D eigenvalue weighted by Gasteiger charge is 2.47. The maximum Gasteiger partial charge on any atom is 0.413 e. The number of nitrogens with one attached hydrogen (secondary N) is 1. The molecule has 2 amide bonds. The first-order valence-corrected chi connectivity index (χ1v) is 11.2. The van der Waals surface area contributed by atoms with Crippen molar-refractivity contribution in [3.05, 3.63) is 23.9 Å². The van der Waals surface area contributed by atoms with Crippen molar-refractivity contribution in [3.8, 4) is 0 Å². The lowest BCUT2D eigenvalue weighted by atomic mass is 9.86. The van der Waals surface area contributed by atoms with E-state index in [2.05, 4.69) is 36.0 Å². The Bertz CT molecular complexity index is 664. The number of carbonyl (C=O) groups is 2. The zero-order valence-electron chi connectivity index (χ0n) is 16.1. The Labute approximate surface area is 151 Å². The van der Waals surface area contributed by atoms with Gasteiger partial charge in [-0.1, -0.05) is 0 Å². The second kappa shape index (κ2) is 6.86. The van der Waals surface area contributed by atoms with E-state index < -0.39 is 21.9 Å². The summed E-state index contributed by atoms with van der Waals surface area (Å²) in [5.41, 5.74) is 0.420. The number of β-lactam (4-membered cyclic amide) rings is 1. The minimum absolute atomic E-state index is 0.0106. The van der Waals surface area contributed by atoms with Gasteiger partial charge in [-0.15, -0.1) is 0 Å². The lowest BCUT2D eigenvalue weighted by molar-refractivity contribution is -0.144. The molecule has 0 bridgehead atoms. The third-order valence-electron chi connectivity index (χ3n) is 3.99. The number of pyridine rings is 1. The monoisotopic (exact) mass is 367 g/mol. The zero-order valence-corrected chi connectivity index (χ0v) is 16.9. The summed E-state index contributed by atoms with van der Waals surface area (Å²) in [6.07, 6.45) is 8.15. The molecule has 6 nitrogen and oxygen atoms in total. The molecule has 1 aliphatic heterocycles. The first-order chi connectivity index (χ1) is 11.4. The standard InChI is InChI=1S/C18H29N3O3S/c1-12-14(16(22)21(12)25(5,6)7)10-13-8-9-19-15(11-13)20-17(23)24-18(2,3)4/h8-9,11-12,14H,10H2,1-7H3,(H,19,20,23)/t12-,14-/m1/s1. The van der Waals surface area contributed by atoms with Gasteiger partial charge >= 0.3 is 6.09 Å². The summed E-state index contributed by atoms with van der Waals surface area (Å²) >= 11 is 0. The van der Waals surface area contributed by atoms with Gasteiger partial charge in [-0.3, -0.25) is 10.1 Å². The molecule has 0 unspecified atom stereocenters. The normalized spacial score (nSPS) is 21.6. The van der Waals surface area contributed by atoms with E-state index in [1.54, 1.807) is 12.3 Å². The number of nitrogens with zero attached hydrogens (tertiary/aromatic N) is 2. The number of carbonyl (C=O) groups excluding carboxylic acids is 2. The number of aromatic nitrogens is 1. The first-order valence-electron chi connectivity index (χ1n) is 8.35. The van der Waals surface area contributed by atoms with Crippen molar-refractivity contribution in [1.82, 2.24) is 9.29 Å². The summed E-state index contributed by atoms with van der Waals surface area (Å²) in [4.78, 5) is 28.5. The van der Waals surface area contributed by atoms with Crippen molar-refractivity contribution in [1.29, 1.82) is 0 Å². The van der Waals surface area contributed by atoms with E-state index in [0.29, 0.717) is 12.2 Å². The topological polar surface area (TPSA) is 71.5 Å². The van der Waals surface area contributed by atoms with E-state index >= 15 is 0 Å². The number of hydrogen-bond acceptors (Lipinski definition) is 4. The van der Waals surface area contributed by atoms with E-state index in [1.807, 2.05) is 31.1 Å². The maximum absolute atomic E-state index is 12.5. The van der Waals surface area contributed by atoms with Crippen molar-refractivity contribution in [3.63, 3.8) is 0 Å². The lowest BCUT2D eigenvalue weighted by Gasteiger charge is -2.55. The van der Waals surface area contributed by atoms with Gasteiger partial charge < -0.3 is 9.04 Å². The van der Waals surface area contributed by atoms with Crippen molar-refractivity contribution < 1.29 is 14.3 Å². The van der Waals surface area contributed by atoms with Crippen molar-refractivity contribution in [2.45, 2.75) is 45.8 Å². The third kappa shape index (κ3) is 4.87. The number of hydrogen-bond donors (Lipinski definition) is 1. The van der Waals surface area contributed by atoms with E-state index in [0.717, 1.165) is 5.56 Å². The fraction of sp³-hybridized carbons (Fsp3) is 0.611. The summed E-state index contributed by atoms with van der Waals surface area (Å²) < 4.78 is 7.25. The van der Waals surface area contributed by atoms with Crippen LogP contribution >= 0.6 is 10.2 Å². The highest BCUT2D eigenvalue weighted by molar-refractivity contribution is 8.30. The second-order valence-electron chi connectivity index (χ2n) is 8.16. The van der Waals surface area contributed by atoms with E-state index in [1.165, 1.54) is 0 Å². The van der Waals surface area contributed by atoms with Gasteiger partial charge in [0, 0.05) is 6.20 Å². The average molecular weight is 368 g/mol.